The van der Waals surface area contributed by atoms with Crippen LogP contribution in [0.1, 0.15) is 0 Å². The van der Waals surface area contributed by atoms with E-state index in [1.807, 2.05) is 151 Å². The Labute approximate surface area is 242 Å². The Morgan fingerprint density at radius 3 is 1.71 bits per heavy atom. The number of tetrazole rings is 1. The molecule has 0 spiro atoms. The van der Waals surface area contributed by atoms with Crippen LogP contribution >= 0.6 is 0 Å². The molecule has 0 saturated heterocycles. The first-order chi connectivity index (χ1) is 20.8. The van der Waals surface area contributed by atoms with E-state index < -0.39 is 0 Å². The summed E-state index contributed by atoms with van der Waals surface area (Å²) in [6.45, 7) is 0. The maximum absolute atomic E-state index is 4.84. The van der Waals surface area contributed by atoms with Crippen LogP contribution in [0.2, 0.25) is 0 Å². The summed E-state index contributed by atoms with van der Waals surface area (Å²) in [4.78, 5) is 11.2. The second-order valence-corrected chi connectivity index (χ2v) is 9.32. The number of benzene rings is 4. The first kappa shape index (κ1) is 25.0. The normalized spacial score (nSPS) is 14.3. The third-order valence-corrected chi connectivity index (χ3v) is 6.44. The van der Waals surface area contributed by atoms with Gasteiger partial charge in [0.05, 0.1) is 22.2 Å². The number of hydrogen-bond donors (Lipinski definition) is 1. The third-order valence-electron chi connectivity index (χ3n) is 6.44. The molecule has 0 amide bonds. The van der Waals surface area contributed by atoms with Crippen molar-refractivity contribution in [1.29, 1.82) is 0 Å². The van der Waals surface area contributed by atoms with Crippen molar-refractivity contribution in [1.82, 2.24) is 20.6 Å². The van der Waals surface area contributed by atoms with Gasteiger partial charge in [0.1, 0.15) is 17.1 Å². The molecule has 7 rings (SSSR count). The molecule has 1 aliphatic carbocycles. The van der Waals surface area contributed by atoms with Gasteiger partial charge in [0.2, 0.25) is 0 Å². The Bertz CT molecular complexity index is 1820. The van der Waals surface area contributed by atoms with Gasteiger partial charge in [0.15, 0.2) is 0 Å². The Hall–Kier alpha value is -6.00. The van der Waals surface area contributed by atoms with Crippen LogP contribution in [0, 0.1) is 0 Å². The zero-order chi connectivity index (χ0) is 28.1. The molecule has 1 N–H and O–H groups in total. The maximum atomic E-state index is 4.84. The lowest BCUT2D eigenvalue weighted by atomic mass is 10.1. The minimum absolute atomic E-state index is 0.452. The highest BCUT2D eigenvalue weighted by Crippen LogP contribution is 2.22. The molecule has 0 radical (unpaired) electrons. The molecule has 2 heterocycles. The zero-order valence-electron chi connectivity index (χ0n) is 22.4. The van der Waals surface area contributed by atoms with Gasteiger partial charge in [-0.2, -0.15) is 5.12 Å². The van der Waals surface area contributed by atoms with E-state index >= 15 is 0 Å². The lowest BCUT2D eigenvalue weighted by Gasteiger charge is -2.20. The number of aromatic nitrogens is 4. The van der Waals surface area contributed by atoms with Crippen molar-refractivity contribution >= 4 is 34.7 Å². The van der Waals surface area contributed by atoms with Crippen molar-refractivity contribution in [2.45, 2.75) is 0 Å². The molecule has 1 aliphatic heterocycles. The standard InChI is InChI=1S/C32H25N10/c1-5-13-27(14-6-1)39-31(35-41(37-39)29-17-9-3-10-18-29)33-25-21-23-26(24-22-25)34-32-36-42(30-19-11-4-12-20-30)38-40(32)28-15-7-2-8-16-28/h1-24,37H/q+1. The molecule has 4 aromatic carbocycles. The Kier molecular flexibility index (Phi) is 6.69. The summed E-state index contributed by atoms with van der Waals surface area (Å²) < 4.78 is 1.72. The number of rotatable bonds is 5. The Balaban J connectivity index is 1.19. The monoisotopic (exact) mass is 549 g/mol. The van der Waals surface area contributed by atoms with Gasteiger partial charge in [0.25, 0.3) is 5.96 Å². The lowest BCUT2D eigenvalue weighted by Crippen LogP contribution is -2.43. The smallest absolute Gasteiger partial charge is 0.222 e. The first-order valence-corrected chi connectivity index (χ1v) is 13.4. The fourth-order valence-electron chi connectivity index (χ4n) is 4.38. The van der Waals surface area contributed by atoms with E-state index in [2.05, 4.69) is 15.8 Å². The van der Waals surface area contributed by atoms with Crippen LogP contribution in [0.25, 0.3) is 11.4 Å². The van der Waals surface area contributed by atoms with Crippen LogP contribution in [-0.2, 0) is 0 Å². The second kappa shape index (κ2) is 11.2. The molecule has 0 bridgehead atoms. The molecular formula is C32H25N10+. The quantitative estimate of drug-likeness (QED) is 0.249. The summed E-state index contributed by atoms with van der Waals surface area (Å²) in [5, 5.41) is 17.6. The van der Waals surface area contributed by atoms with E-state index in [4.69, 9.17) is 15.1 Å². The van der Waals surface area contributed by atoms with Gasteiger partial charge in [-0.15, -0.1) is 15.6 Å². The number of aliphatic imine (C=N–C) groups is 2. The summed E-state index contributed by atoms with van der Waals surface area (Å²) in [6, 6.07) is 39.4. The summed E-state index contributed by atoms with van der Waals surface area (Å²) in [5.74, 6) is 0.954. The molecule has 5 aromatic rings. The van der Waals surface area contributed by atoms with Gasteiger partial charge in [-0.05, 0) is 77.6 Å². The zero-order valence-corrected chi connectivity index (χ0v) is 22.4. The molecule has 0 saturated carbocycles. The van der Waals surface area contributed by atoms with Gasteiger partial charge in [-0.3, -0.25) is 0 Å². The van der Waals surface area contributed by atoms with Crippen LogP contribution in [0.4, 0.5) is 17.3 Å². The lowest BCUT2D eigenvalue weighted by molar-refractivity contribution is -0.648. The van der Waals surface area contributed by atoms with E-state index in [0.717, 1.165) is 34.2 Å². The number of para-hydroxylation sites is 4. The minimum atomic E-state index is 0.452. The Morgan fingerprint density at radius 1 is 0.571 bits per heavy atom. The van der Waals surface area contributed by atoms with Gasteiger partial charge in [-0.1, -0.05) is 77.5 Å². The van der Waals surface area contributed by atoms with Gasteiger partial charge in [-0.25, -0.2) is 10.0 Å². The van der Waals surface area contributed by atoms with E-state index in [9.17, 15) is 0 Å². The molecular weight excluding hydrogens is 524 g/mol. The third kappa shape index (κ3) is 5.25. The number of anilines is 2. The van der Waals surface area contributed by atoms with E-state index in [1.165, 1.54) is 0 Å². The molecule has 1 aromatic heterocycles. The summed E-state index contributed by atoms with van der Waals surface area (Å²) in [6.07, 6.45) is 7.62. The topological polar surface area (TPSA) is 90.2 Å². The number of hydrazine groups is 2. The van der Waals surface area contributed by atoms with Gasteiger partial charge < -0.3 is 0 Å². The SMILES string of the molecule is C1=CC(=Nc2nn(-c3ccccc3)n[n+]2-c2ccccc2)C=CC1=NC1=NN(c2ccccc2)NN1c1ccccc1. The first-order valence-electron chi connectivity index (χ1n) is 13.4. The summed E-state index contributed by atoms with van der Waals surface area (Å²) >= 11 is 0. The highest BCUT2D eigenvalue weighted by molar-refractivity contribution is 6.22. The predicted molar refractivity (Wildman–Crippen MR) is 164 cm³/mol. The van der Waals surface area contributed by atoms with Crippen LogP contribution in [0.15, 0.2) is 161 Å². The average molecular weight is 550 g/mol. The highest BCUT2D eigenvalue weighted by atomic mass is 15.9. The van der Waals surface area contributed by atoms with E-state index in [1.54, 1.807) is 14.6 Å². The van der Waals surface area contributed by atoms with Crippen LogP contribution in [0.3, 0.4) is 0 Å². The molecule has 0 atom stereocenters. The molecule has 202 valence electrons. The highest BCUT2D eigenvalue weighted by Gasteiger charge is 2.26. The van der Waals surface area contributed by atoms with Crippen molar-refractivity contribution < 1.29 is 4.68 Å². The Morgan fingerprint density at radius 2 is 1.10 bits per heavy atom. The molecule has 0 fully saturated rings. The largest absolute Gasteiger partial charge is 0.440 e. The molecule has 42 heavy (non-hydrogen) atoms. The molecule has 10 heteroatoms. The molecule has 10 nitrogen and oxygen atoms in total. The average Bonchev–Trinajstić information content (AvgIpc) is 3.68. The molecule has 0 unspecified atom stereocenters. The van der Waals surface area contributed by atoms with Gasteiger partial charge in [0, 0.05) is 5.21 Å². The van der Waals surface area contributed by atoms with Gasteiger partial charge >= 0.3 is 5.95 Å². The van der Waals surface area contributed by atoms with Crippen molar-refractivity contribution in [3.8, 4) is 11.4 Å². The number of guanidine groups is 1. The number of hydrazone groups is 1. The summed E-state index contributed by atoms with van der Waals surface area (Å²) in [7, 11) is 0. The number of allylic oxidation sites excluding steroid dienone is 4. The van der Waals surface area contributed by atoms with Crippen molar-refractivity contribution in [2.75, 3.05) is 10.1 Å². The summed E-state index contributed by atoms with van der Waals surface area (Å²) in [5.41, 5.74) is 8.27. The van der Waals surface area contributed by atoms with Crippen LogP contribution < -0.4 is 20.3 Å². The van der Waals surface area contributed by atoms with Crippen molar-refractivity contribution in [3.05, 3.63) is 146 Å². The fourth-order valence-corrected chi connectivity index (χ4v) is 4.38. The van der Waals surface area contributed by atoms with Crippen molar-refractivity contribution in [3.63, 3.8) is 0 Å². The number of nitrogens with zero attached hydrogens (tertiary/aromatic N) is 9. The number of nitrogens with one attached hydrogen (secondary N) is 1. The fraction of sp³-hybridized carbons (Fsp3) is 0. The number of hydrogen-bond acceptors (Lipinski definition) is 8. The van der Waals surface area contributed by atoms with E-state index in [-0.39, 0.29) is 0 Å². The minimum Gasteiger partial charge on any atom is -0.222 e. The predicted octanol–water partition coefficient (Wildman–Crippen LogP) is 4.90. The van der Waals surface area contributed by atoms with Crippen LogP contribution in [-0.4, -0.2) is 32.5 Å². The van der Waals surface area contributed by atoms with Crippen LogP contribution in [0.5, 0.6) is 0 Å². The maximum Gasteiger partial charge on any atom is 0.440 e. The molecule has 2 aliphatic rings. The van der Waals surface area contributed by atoms with E-state index in [0.29, 0.717) is 11.9 Å². The van der Waals surface area contributed by atoms with Crippen molar-refractivity contribution in [2.24, 2.45) is 15.1 Å². The second-order valence-electron chi connectivity index (χ2n) is 9.32.